The Morgan fingerprint density at radius 2 is 1.70 bits per heavy atom. The lowest BCUT2D eigenvalue weighted by atomic mass is 10.1. The third-order valence-corrected chi connectivity index (χ3v) is 4.45. The summed E-state index contributed by atoms with van der Waals surface area (Å²) >= 11 is -0.156. The van der Waals surface area contributed by atoms with E-state index in [2.05, 4.69) is 15.3 Å². The van der Waals surface area contributed by atoms with Gasteiger partial charge in [-0.05, 0) is 29.5 Å². The van der Waals surface area contributed by atoms with E-state index >= 15 is 0 Å². The maximum Gasteiger partial charge on any atom is 0.446 e. The van der Waals surface area contributed by atoms with Crippen LogP contribution < -0.4 is 5.32 Å². The minimum Gasteiger partial charge on any atom is -0.387 e. The van der Waals surface area contributed by atoms with Crippen molar-refractivity contribution in [2.24, 2.45) is 0 Å². The Bertz CT molecular complexity index is 873. The van der Waals surface area contributed by atoms with E-state index in [0.717, 1.165) is 5.56 Å². The number of benzene rings is 2. The minimum atomic E-state index is -4.31. The van der Waals surface area contributed by atoms with E-state index in [-0.39, 0.29) is 23.2 Å². The summed E-state index contributed by atoms with van der Waals surface area (Å²) in [5.41, 5.74) is -2.27. The summed E-state index contributed by atoms with van der Waals surface area (Å²) in [6.45, 7) is 0.266. The maximum absolute atomic E-state index is 12.4. The van der Waals surface area contributed by atoms with Crippen molar-refractivity contribution >= 4 is 17.6 Å². The molecule has 0 aliphatic rings. The molecule has 0 amide bonds. The number of aliphatic hydroxyl groups is 1. The SMILES string of the molecule is O[C@@H](CNc1cc(-c2ccc(SC(F)(F)F)cc2)ncn1)c1ccccc1. The summed E-state index contributed by atoms with van der Waals surface area (Å²) in [5, 5.41) is 13.2. The molecule has 0 radical (unpaired) electrons. The van der Waals surface area contributed by atoms with Crippen LogP contribution in [0.25, 0.3) is 11.3 Å². The molecule has 0 spiro atoms. The van der Waals surface area contributed by atoms with Crippen molar-refractivity contribution in [1.29, 1.82) is 0 Å². The van der Waals surface area contributed by atoms with E-state index in [1.807, 2.05) is 30.3 Å². The van der Waals surface area contributed by atoms with Gasteiger partial charge in [0.15, 0.2) is 0 Å². The van der Waals surface area contributed by atoms with Crippen molar-refractivity contribution in [1.82, 2.24) is 9.97 Å². The fourth-order valence-electron chi connectivity index (χ4n) is 2.43. The number of halogens is 3. The van der Waals surface area contributed by atoms with Crippen LogP contribution in [-0.2, 0) is 0 Å². The van der Waals surface area contributed by atoms with Crippen molar-refractivity contribution in [3.8, 4) is 11.3 Å². The molecule has 140 valence electrons. The van der Waals surface area contributed by atoms with Gasteiger partial charge < -0.3 is 10.4 Å². The van der Waals surface area contributed by atoms with Crippen LogP contribution in [0.1, 0.15) is 11.7 Å². The molecule has 0 saturated carbocycles. The molecule has 1 atom stereocenters. The van der Waals surface area contributed by atoms with Crippen LogP contribution in [-0.4, -0.2) is 27.1 Å². The number of aliphatic hydroxyl groups excluding tert-OH is 1. The van der Waals surface area contributed by atoms with Gasteiger partial charge in [-0.25, -0.2) is 9.97 Å². The molecule has 1 heterocycles. The molecule has 0 fully saturated rings. The van der Waals surface area contributed by atoms with E-state index < -0.39 is 11.6 Å². The van der Waals surface area contributed by atoms with E-state index in [4.69, 9.17) is 0 Å². The van der Waals surface area contributed by atoms with Gasteiger partial charge in [-0.1, -0.05) is 42.5 Å². The van der Waals surface area contributed by atoms with Crippen LogP contribution in [0.5, 0.6) is 0 Å². The molecule has 0 unspecified atom stereocenters. The summed E-state index contributed by atoms with van der Waals surface area (Å²) in [5.74, 6) is 0.517. The van der Waals surface area contributed by atoms with E-state index in [0.29, 0.717) is 17.1 Å². The van der Waals surface area contributed by atoms with Crippen molar-refractivity contribution in [2.75, 3.05) is 11.9 Å². The molecule has 0 aliphatic heterocycles. The summed E-state index contributed by atoms with van der Waals surface area (Å²) in [7, 11) is 0. The monoisotopic (exact) mass is 391 g/mol. The normalized spacial score (nSPS) is 12.6. The highest BCUT2D eigenvalue weighted by atomic mass is 32.2. The maximum atomic E-state index is 12.4. The molecule has 3 aromatic rings. The molecular weight excluding hydrogens is 375 g/mol. The zero-order valence-corrected chi connectivity index (χ0v) is 14.8. The molecule has 0 aliphatic carbocycles. The predicted molar refractivity (Wildman–Crippen MR) is 99.3 cm³/mol. The number of anilines is 1. The third kappa shape index (κ3) is 5.70. The van der Waals surface area contributed by atoms with Crippen molar-refractivity contribution in [2.45, 2.75) is 16.5 Å². The lowest BCUT2D eigenvalue weighted by Gasteiger charge is -2.13. The Labute approximate surface area is 158 Å². The molecule has 3 rings (SSSR count). The largest absolute Gasteiger partial charge is 0.446 e. The average molecular weight is 391 g/mol. The lowest BCUT2D eigenvalue weighted by molar-refractivity contribution is -0.0328. The second-order valence-corrected chi connectivity index (χ2v) is 6.81. The first kappa shape index (κ1) is 19.2. The number of hydrogen-bond acceptors (Lipinski definition) is 5. The van der Waals surface area contributed by atoms with Crippen LogP contribution in [0.2, 0.25) is 0 Å². The predicted octanol–water partition coefficient (Wildman–Crippen LogP) is 4.90. The van der Waals surface area contributed by atoms with Crippen LogP contribution in [0, 0.1) is 0 Å². The zero-order valence-electron chi connectivity index (χ0n) is 14.0. The first-order valence-electron chi connectivity index (χ1n) is 8.06. The van der Waals surface area contributed by atoms with E-state index in [1.54, 1.807) is 18.2 Å². The molecule has 2 aromatic carbocycles. The highest BCUT2D eigenvalue weighted by Crippen LogP contribution is 2.37. The Morgan fingerprint density at radius 3 is 2.37 bits per heavy atom. The number of nitrogens with one attached hydrogen (secondary N) is 1. The Hall–Kier alpha value is -2.58. The number of hydrogen-bond donors (Lipinski definition) is 2. The molecule has 0 bridgehead atoms. The van der Waals surface area contributed by atoms with Gasteiger partial charge in [-0.2, -0.15) is 13.2 Å². The van der Waals surface area contributed by atoms with E-state index in [9.17, 15) is 18.3 Å². The summed E-state index contributed by atoms with van der Waals surface area (Å²) in [4.78, 5) is 8.38. The molecule has 0 saturated heterocycles. The summed E-state index contributed by atoms with van der Waals surface area (Å²) < 4.78 is 37.2. The Morgan fingerprint density at radius 1 is 1.00 bits per heavy atom. The number of aromatic nitrogens is 2. The second-order valence-electron chi connectivity index (χ2n) is 5.67. The Kier molecular flexibility index (Phi) is 5.98. The molecule has 8 heteroatoms. The smallest absolute Gasteiger partial charge is 0.387 e. The molecule has 2 N–H and O–H groups in total. The summed E-state index contributed by atoms with van der Waals surface area (Å²) in [6.07, 6.45) is 0.675. The fourth-order valence-corrected chi connectivity index (χ4v) is 2.97. The second kappa shape index (κ2) is 8.41. The fraction of sp³-hybridized carbons (Fsp3) is 0.158. The highest BCUT2D eigenvalue weighted by Gasteiger charge is 2.29. The van der Waals surface area contributed by atoms with Crippen molar-refractivity contribution in [3.63, 3.8) is 0 Å². The molecule has 27 heavy (non-hydrogen) atoms. The van der Waals surface area contributed by atoms with Gasteiger partial charge in [0.2, 0.25) is 0 Å². The Balaban J connectivity index is 1.66. The van der Waals surface area contributed by atoms with Crippen LogP contribution >= 0.6 is 11.8 Å². The highest BCUT2D eigenvalue weighted by molar-refractivity contribution is 8.00. The van der Waals surface area contributed by atoms with Crippen molar-refractivity contribution < 1.29 is 18.3 Å². The van der Waals surface area contributed by atoms with Gasteiger partial charge in [-0.15, -0.1) is 0 Å². The standard InChI is InChI=1S/C19H16F3N3OS/c20-19(21,22)27-15-8-6-13(7-9-15)16-10-18(25-12-24-16)23-11-17(26)14-4-2-1-3-5-14/h1-10,12,17,26H,11H2,(H,23,24,25)/t17-/m0/s1. The quantitative estimate of drug-likeness (QED) is 0.585. The lowest BCUT2D eigenvalue weighted by Crippen LogP contribution is -2.13. The van der Waals surface area contributed by atoms with Crippen LogP contribution in [0.15, 0.2) is 71.9 Å². The zero-order chi connectivity index (χ0) is 19.3. The van der Waals surface area contributed by atoms with Gasteiger partial charge in [0.1, 0.15) is 12.1 Å². The first-order valence-corrected chi connectivity index (χ1v) is 8.87. The van der Waals surface area contributed by atoms with Gasteiger partial charge in [0.05, 0.1) is 11.8 Å². The molecule has 4 nitrogen and oxygen atoms in total. The van der Waals surface area contributed by atoms with Crippen LogP contribution in [0.4, 0.5) is 19.0 Å². The van der Waals surface area contributed by atoms with Gasteiger partial charge in [0, 0.05) is 23.1 Å². The van der Waals surface area contributed by atoms with E-state index in [1.165, 1.54) is 18.5 Å². The first-order chi connectivity index (χ1) is 12.9. The van der Waals surface area contributed by atoms with Gasteiger partial charge >= 0.3 is 5.51 Å². The minimum absolute atomic E-state index is 0.115. The van der Waals surface area contributed by atoms with Crippen LogP contribution in [0.3, 0.4) is 0 Å². The van der Waals surface area contributed by atoms with Gasteiger partial charge in [-0.3, -0.25) is 0 Å². The number of rotatable bonds is 6. The topological polar surface area (TPSA) is 58.0 Å². The number of thioether (sulfide) groups is 1. The number of alkyl halides is 3. The molecular formula is C19H16F3N3OS. The van der Waals surface area contributed by atoms with Crippen molar-refractivity contribution in [3.05, 3.63) is 72.6 Å². The average Bonchev–Trinajstić information content (AvgIpc) is 2.66. The van der Waals surface area contributed by atoms with Gasteiger partial charge in [0.25, 0.3) is 0 Å². The third-order valence-electron chi connectivity index (χ3n) is 3.71. The number of nitrogens with zero attached hydrogens (tertiary/aromatic N) is 2. The summed E-state index contributed by atoms with van der Waals surface area (Å²) in [6, 6.07) is 16.9. The molecule has 1 aromatic heterocycles.